The molecule has 10 aromatic rings. The number of benzene rings is 8. The van der Waals surface area contributed by atoms with Crippen LogP contribution in [0.2, 0.25) is 0 Å². The molecule has 1 aliphatic carbocycles. The van der Waals surface area contributed by atoms with Gasteiger partial charge in [-0.15, -0.1) is 0 Å². The minimum Gasteiger partial charge on any atom is -0.309 e. The zero-order valence-electron chi connectivity index (χ0n) is 30.9. The number of fused-ring (bicyclic) bond motifs is 6. The minimum atomic E-state index is 1.05. The lowest BCUT2D eigenvalue weighted by molar-refractivity contribution is 1.07. The Hall–Kier alpha value is -7.16. The van der Waals surface area contributed by atoms with E-state index in [-0.39, 0.29) is 0 Å². The van der Waals surface area contributed by atoms with Gasteiger partial charge in [-0.1, -0.05) is 146 Å². The number of para-hydroxylation sites is 2. The molecule has 264 valence electrons. The quantitative estimate of drug-likeness (QED) is 0.162. The molecule has 2 heterocycles. The summed E-state index contributed by atoms with van der Waals surface area (Å²) in [7, 11) is 0. The molecule has 0 bridgehead atoms. The molecule has 56 heavy (non-hydrogen) atoms. The Kier molecular flexibility index (Phi) is 7.67. The maximum absolute atomic E-state index is 2.42. The maximum Gasteiger partial charge on any atom is 0.0541 e. The van der Waals surface area contributed by atoms with Crippen LogP contribution in [0.25, 0.3) is 88.4 Å². The van der Waals surface area contributed by atoms with Crippen molar-refractivity contribution in [3.05, 3.63) is 217 Å². The normalized spacial score (nSPS) is 13.1. The maximum atomic E-state index is 2.42. The van der Waals surface area contributed by atoms with Gasteiger partial charge in [-0.25, -0.2) is 0 Å². The van der Waals surface area contributed by atoms with E-state index in [0.717, 1.165) is 18.5 Å². The summed E-state index contributed by atoms with van der Waals surface area (Å²) in [5.41, 5.74) is 17.5. The van der Waals surface area contributed by atoms with Gasteiger partial charge in [0, 0.05) is 32.9 Å². The Morgan fingerprint density at radius 1 is 0.268 bits per heavy atom. The molecule has 2 aromatic heterocycles. The van der Waals surface area contributed by atoms with Crippen molar-refractivity contribution in [2.45, 2.75) is 12.8 Å². The second-order valence-corrected chi connectivity index (χ2v) is 14.9. The molecule has 1 aliphatic rings. The summed E-state index contributed by atoms with van der Waals surface area (Å²) in [6.45, 7) is 0. The largest absolute Gasteiger partial charge is 0.309 e. The van der Waals surface area contributed by atoms with Crippen LogP contribution < -0.4 is 0 Å². The van der Waals surface area contributed by atoms with E-state index in [9.17, 15) is 0 Å². The molecule has 2 heteroatoms. The third kappa shape index (κ3) is 5.41. The first-order valence-electron chi connectivity index (χ1n) is 19.6. The average molecular weight is 715 g/mol. The molecule has 0 N–H and O–H groups in total. The first-order chi connectivity index (χ1) is 27.8. The molecule has 0 saturated carbocycles. The van der Waals surface area contributed by atoms with Gasteiger partial charge in [0.15, 0.2) is 0 Å². The zero-order chi connectivity index (χ0) is 37.0. The summed E-state index contributed by atoms with van der Waals surface area (Å²) in [6.07, 6.45) is 6.71. The van der Waals surface area contributed by atoms with Crippen LogP contribution in [-0.2, 0) is 0 Å². The van der Waals surface area contributed by atoms with E-state index in [0.29, 0.717) is 0 Å². The van der Waals surface area contributed by atoms with Gasteiger partial charge >= 0.3 is 0 Å². The van der Waals surface area contributed by atoms with Crippen LogP contribution in [0.5, 0.6) is 0 Å². The lowest BCUT2D eigenvalue weighted by atomic mass is 9.90. The van der Waals surface area contributed by atoms with Crippen molar-refractivity contribution in [1.82, 2.24) is 9.13 Å². The van der Waals surface area contributed by atoms with Crippen molar-refractivity contribution in [3.8, 4) is 33.6 Å². The molecule has 0 fully saturated rings. The topological polar surface area (TPSA) is 9.86 Å². The highest BCUT2D eigenvalue weighted by Gasteiger charge is 2.17. The Morgan fingerprint density at radius 2 is 0.625 bits per heavy atom. The van der Waals surface area contributed by atoms with Crippen molar-refractivity contribution in [1.29, 1.82) is 0 Å². The molecular formula is C54H38N2. The average Bonchev–Trinajstić information content (AvgIpc) is 3.79. The van der Waals surface area contributed by atoms with Crippen LogP contribution >= 0.6 is 0 Å². The lowest BCUT2D eigenvalue weighted by Gasteiger charge is -2.16. The number of aromatic nitrogens is 2. The highest BCUT2D eigenvalue weighted by Crippen LogP contribution is 2.39. The van der Waals surface area contributed by atoms with Crippen LogP contribution in [0.3, 0.4) is 0 Å². The first-order valence-corrected chi connectivity index (χ1v) is 19.6. The summed E-state index contributed by atoms with van der Waals surface area (Å²) >= 11 is 0. The van der Waals surface area contributed by atoms with Crippen LogP contribution in [0.4, 0.5) is 0 Å². The summed E-state index contributed by atoms with van der Waals surface area (Å²) in [5.74, 6) is 0. The first kappa shape index (κ1) is 32.3. The van der Waals surface area contributed by atoms with Gasteiger partial charge in [-0.05, 0) is 118 Å². The van der Waals surface area contributed by atoms with E-state index in [1.54, 1.807) is 0 Å². The van der Waals surface area contributed by atoms with Crippen LogP contribution in [0.15, 0.2) is 206 Å². The predicted octanol–water partition coefficient (Wildman–Crippen LogP) is 14.5. The van der Waals surface area contributed by atoms with E-state index in [1.165, 1.54) is 93.8 Å². The molecule has 0 saturated heterocycles. The molecule has 0 amide bonds. The van der Waals surface area contributed by atoms with E-state index >= 15 is 0 Å². The monoisotopic (exact) mass is 714 g/mol. The number of allylic oxidation sites excluding steroid dienone is 4. The molecule has 11 rings (SSSR count). The summed E-state index contributed by atoms with van der Waals surface area (Å²) in [5, 5.41) is 5.04. The molecular weight excluding hydrogens is 677 g/mol. The van der Waals surface area contributed by atoms with Crippen molar-refractivity contribution < 1.29 is 0 Å². The zero-order valence-corrected chi connectivity index (χ0v) is 30.9. The molecule has 0 atom stereocenters. The fourth-order valence-electron chi connectivity index (χ4n) is 8.89. The Bertz CT molecular complexity index is 3140. The molecule has 0 unspecified atom stereocenters. The summed E-state index contributed by atoms with van der Waals surface area (Å²) in [4.78, 5) is 0. The van der Waals surface area contributed by atoms with Crippen LogP contribution in [0, 0.1) is 0 Å². The van der Waals surface area contributed by atoms with Crippen molar-refractivity contribution in [2.24, 2.45) is 0 Å². The van der Waals surface area contributed by atoms with E-state index < -0.39 is 0 Å². The fourth-order valence-corrected chi connectivity index (χ4v) is 8.89. The smallest absolute Gasteiger partial charge is 0.0541 e. The summed E-state index contributed by atoms with van der Waals surface area (Å²) < 4.78 is 4.82. The fraction of sp³-hybridized carbons (Fsp3) is 0.0370. The van der Waals surface area contributed by atoms with Gasteiger partial charge in [-0.3, -0.25) is 0 Å². The van der Waals surface area contributed by atoms with Crippen LogP contribution in [0.1, 0.15) is 24.0 Å². The summed E-state index contributed by atoms with van der Waals surface area (Å²) in [6, 6.07) is 70.9. The van der Waals surface area contributed by atoms with Crippen molar-refractivity contribution in [2.75, 3.05) is 0 Å². The van der Waals surface area contributed by atoms with Gasteiger partial charge in [0.1, 0.15) is 0 Å². The van der Waals surface area contributed by atoms with Crippen molar-refractivity contribution >= 4 is 54.8 Å². The number of rotatable bonds is 6. The molecule has 0 aliphatic heterocycles. The number of hydrogen-bond donors (Lipinski definition) is 0. The van der Waals surface area contributed by atoms with Crippen LogP contribution in [-0.4, -0.2) is 9.13 Å². The third-order valence-electron chi connectivity index (χ3n) is 11.7. The predicted molar refractivity (Wildman–Crippen MR) is 238 cm³/mol. The Balaban J connectivity index is 0.961. The second-order valence-electron chi connectivity index (χ2n) is 14.9. The molecule has 0 radical (unpaired) electrons. The number of nitrogens with zero attached hydrogens (tertiary/aromatic N) is 2. The van der Waals surface area contributed by atoms with Gasteiger partial charge in [0.05, 0.1) is 22.1 Å². The van der Waals surface area contributed by atoms with Gasteiger partial charge < -0.3 is 9.13 Å². The molecule has 0 spiro atoms. The van der Waals surface area contributed by atoms with Gasteiger partial charge in [0.2, 0.25) is 0 Å². The second kappa shape index (κ2) is 13.3. The lowest BCUT2D eigenvalue weighted by Crippen LogP contribution is -1.96. The Morgan fingerprint density at radius 3 is 1.11 bits per heavy atom. The molecule has 2 nitrogen and oxygen atoms in total. The third-order valence-corrected chi connectivity index (χ3v) is 11.7. The number of hydrogen-bond acceptors (Lipinski definition) is 0. The highest BCUT2D eigenvalue weighted by atomic mass is 15.0. The SMILES string of the molecule is C1=C(c2ccccc2)CCC(c2ccc(-n3c4ccccc4c4cc(-c5ccc6c(c5)c5ccccc5n6-c5ccc(-c6ccccc6)cc5)ccc43)cc2)=C1. The highest BCUT2D eigenvalue weighted by molar-refractivity contribution is 6.12. The minimum absolute atomic E-state index is 1.05. The van der Waals surface area contributed by atoms with Gasteiger partial charge in [0.25, 0.3) is 0 Å². The Labute approximate surface area is 326 Å². The standard InChI is InChI=1S/C54H38N2/c1-3-11-37(12-4-1)39-19-21-40(22-20-39)42-25-31-46(32-26-42)56-52-18-10-8-16-48(52)50-36-44(28-34-54(50)56)43-27-33-53-49(35-43)47-15-7-9-17-51(47)55(53)45-29-23-41(24-30-45)38-13-5-2-6-14-38/h1-19,21,23-36H,20,22H2. The molecule has 8 aromatic carbocycles. The van der Waals surface area contributed by atoms with E-state index in [4.69, 9.17) is 0 Å². The van der Waals surface area contributed by atoms with Crippen molar-refractivity contribution in [3.63, 3.8) is 0 Å². The van der Waals surface area contributed by atoms with E-state index in [1.807, 2.05) is 0 Å². The van der Waals surface area contributed by atoms with E-state index in [2.05, 4.69) is 215 Å². The van der Waals surface area contributed by atoms with Gasteiger partial charge in [-0.2, -0.15) is 0 Å².